The number of nitrogens with one attached hydrogen (secondary N) is 1. The lowest BCUT2D eigenvalue weighted by Crippen LogP contribution is -2.34. The van der Waals surface area contributed by atoms with Crippen LogP contribution in [0.25, 0.3) is 0 Å². The molecule has 0 saturated carbocycles. The second kappa shape index (κ2) is 8.72. The third-order valence-corrected chi connectivity index (χ3v) is 3.47. The van der Waals surface area contributed by atoms with Gasteiger partial charge in [-0.2, -0.15) is 0 Å². The molecule has 0 radical (unpaired) electrons. The van der Waals surface area contributed by atoms with E-state index in [1.807, 2.05) is 13.0 Å². The average molecular weight is 326 g/mol. The Hall–Kier alpha value is -2.82. The van der Waals surface area contributed by atoms with E-state index in [0.717, 1.165) is 6.42 Å². The largest absolute Gasteiger partial charge is 0.550 e. The van der Waals surface area contributed by atoms with E-state index in [9.17, 15) is 14.7 Å². The number of benzene rings is 2. The van der Waals surface area contributed by atoms with Gasteiger partial charge < -0.3 is 20.0 Å². The zero-order valence-corrected chi connectivity index (χ0v) is 13.5. The molecular weight excluding hydrogens is 306 g/mol. The molecule has 0 aromatic heterocycles. The minimum atomic E-state index is -1.22. The van der Waals surface area contributed by atoms with Crippen LogP contribution < -0.4 is 15.2 Å². The van der Waals surface area contributed by atoms with Crippen molar-refractivity contribution in [1.82, 2.24) is 5.32 Å². The molecule has 24 heavy (non-hydrogen) atoms. The quantitative estimate of drug-likeness (QED) is 0.805. The van der Waals surface area contributed by atoms with Gasteiger partial charge in [-0.25, -0.2) is 0 Å². The molecule has 0 spiro atoms. The van der Waals surface area contributed by atoms with Gasteiger partial charge in [-0.3, -0.25) is 4.79 Å². The van der Waals surface area contributed by atoms with E-state index >= 15 is 0 Å². The molecule has 0 heterocycles. The number of hydrogen-bond acceptors (Lipinski definition) is 4. The van der Waals surface area contributed by atoms with Crippen LogP contribution in [0.2, 0.25) is 0 Å². The van der Waals surface area contributed by atoms with Crippen LogP contribution in [0, 0.1) is 0 Å². The summed E-state index contributed by atoms with van der Waals surface area (Å²) in [6.45, 7) is 2.63. The minimum absolute atomic E-state index is 0.298. The fourth-order valence-corrected chi connectivity index (χ4v) is 2.27. The Labute approximate surface area is 141 Å². The van der Waals surface area contributed by atoms with Crippen LogP contribution >= 0.6 is 0 Å². The lowest BCUT2D eigenvalue weighted by atomic mass is 10.0. The van der Waals surface area contributed by atoms with E-state index in [0.29, 0.717) is 23.5 Å². The molecule has 0 fully saturated rings. The Balaban J connectivity index is 2.12. The predicted molar refractivity (Wildman–Crippen MR) is 88.5 cm³/mol. The van der Waals surface area contributed by atoms with E-state index in [1.54, 1.807) is 48.5 Å². The summed E-state index contributed by atoms with van der Waals surface area (Å²) in [4.78, 5) is 23.3. The molecule has 5 nitrogen and oxygen atoms in total. The molecule has 0 unspecified atom stereocenters. The molecule has 2 rings (SSSR count). The van der Waals surface area contributed by atoms with Crippen molar-refractivity contribution in [3.63, 3.8) is 0 Å². The topological polar surface area (TPSA) is 78.5 Å². The molecule has 2 aromatic rings. The highest BCUT2D eigenvalue weighted by atomic mass is 16.5. The molecule has 126 valence electrons. The average Bonchev–Trinajstić information content (AvgIpc) is 2.60. The maximum absolute atomic E-state index is 12.3. The molecule has 0 aliphatic rings. The summed E-state index contributed by atoms with van der Waals surface area (Å²) in [5.41, 5.74) is 1.16. The highest BCUT2D eigenvalue weighted by Gasteiger charge is 2.16. The maximum atomic E-state index is 12.3. The number of carbonyl (C=O) groups excluding carboxylic acids is 2. The summed E-state index contributed by atoms with van der Waals surface area (Å²) >= 11 is 0. The van der Waals surface area contributed by atoms with Crippen LogP contribution in [0.1, 0.15) is 41.7 Å². The van der Waals surface area contributed by atoms with Crippen molar-refractivity contribution in [1.29, 1.82) is 0 Å². The number of rotatable bonds is 8. The van der Waals surface area contributed by atoms with Crippen molar-refractivity contribution in [3.8, 4) is 5.75 Å². The van der Waals surface area contributed by atoms with Crippen molar-refractivity contribution < 1.29 is 19.4 Å². The first-order valence-corrected chi connectivity index (χ1v) is 7.88. The lowest BCUT2D eigenvalue weighted by Gasteiger charge is -2.20. The van der Waals surface area contributed by atoms with Crippen LogP contribution in [0.3, 0.4) is 0 Å². The zero-order valence-electron chi connectivity index (χ0n) is 13.5. The van der Waals surface area contributed by atoms with Gasteiger partial charge in [0.25, 0.3) is 5.91 Å². The highest BCUT2D eigenvalue weighted by Crippen LogP contribution is 2.21. The molecular formula is C19H20NO4-. The standard InChI is InChI=1S/C19H21NO4/c1-2-12-24-16-10-8-14(9-11-16)17(13-18(21)22)20-19(23)15-6-4-3-5-7-15/h3-11,17H,2,12-13H2,1H3,(H,20,23)(H,21,22)/p-1/t17-/m0/s1. The molecule has 1 atom stereocenters. The summed E-state index contributed by atoms with van der Waals surface area (Å²) in [6, 6.07) is 15.0. The fourth-order valence-electron chi connectivity index (χ4n) is 2.27. The van der Waals surface area contributed by atoms with Gasteiger partial charge in [0.05, 0.1) is 12.6 Å². The molecule has 0 bridgehead atoms. The molecule has 0 aliphatic carbocycles. The molecule has 5 heteroatoms. The molecule has 1 amide bonds. The predicted octanol–water partition coefficient (Wildman–Crippen LogP) is 2.09. The second-order valence-electron chi connectivity index (χ2n) is 5.39. The van der Waals surface area contributed by atoms with Gasteiger partial charge in [0.1, 0.15) is 5.75 Å². The molecule has 2 aromatic carbocycles. The van der Waals surface area contributed by atoms with Gasteiger partial charge in [0, 0.05) is 18.0 Å². The van der Waals surface area contributed by atoms with Crippen molar-refractivity contribution in [2.75, 3.05) is 6.61 Å². The van der Waals surface area contributed by atoms with E-state index in [1.165, 1.54) is 0 Å². The number of carboxylic acids is 1. The van der Waals surface area contributed by atoms with Gasteiger partial charge in [-0.1, -0.05) is 37.3 Å². The molecule has 0 aliphatic heterocycles. The first kappa shape index (κ1) is 17.5. The van der Waals surface area contributed by atoms with E-state index in [-0.39, 0.29) is 12.3 Å². The summed E-state index contributed by atoms with van der Waals surface area (Å²) in [6.07, 6.45) is 0.607. The van der Waals surface area contributed by atoms with Crippen LogP contribution in [-0.2, 0) is 4.79 Å². The van der Waals surface area contributed by atoms with Crippen molar-refractivity contribution in [2.24, 2.45) is 0 Å². The fraction of sp³-hybridized carbons (Fsp3) is 0.263. The van der Waals surface area contributed by atoms with Gasteiger partial charge >= 0.3 is 0 Å². The van der Waals surface area contributed by atoms with Crippen LogP contribution in [0.5, 0.6) is 5.75 Å². The lowest BCUT2D eigenvalue weighted by molar-refractivity contribution is -0.306. The van der Waals surface area contributed by atoms with Gasteiger partial charge in [0.15, 0.2) is 0 Å². The Morgan fingerprint density at radius 2 is 1.75 bits per heavy atom. The summed E-state index contributed by atoms with van der Waals surface area (Å²) in [7, 11) is 0. The number of hydrogen-bond donors (Lipinski definition) is 1. The minimum Gasteiger partial charge on any atom is -0.550 e. The Bertz CT molecular complexity index is 668. The number of carboxylic acid groups (broad SMARTS) is 1. The van der Waals surface area contributed by atoms with Crippen molar-refractivity contribution >= 4 is 11.9 Å². The zero-order chi connectivity index (χ0) is 17.4. The number of ether oxygens (including phenoxy) is 1. The Morgan fingerprint density at radius 1 is 1.08 bits per heavy atom. The Morgan fingerprint density at radius 3 is 2.33 bits per heavy atom. The third-order valence-electron chi connectivity index (χ3n) is 3.47. The summed E-state index contributed by atoms with van der Waals surface area (Å²) in [5.74, 6) is -0.838. The highest BCUT2D eigenvalue weighted by molar-refractivity contribution is 5.94. The molecule has 1 N–H and O–H groups in total. The summed E-state index contributed by atoms with van der Waals surface area (Å²) in [5, 5.41) is 13.8. The van der Waals surface area contributed by atoms with Crippen LogP contribution in [0.4, 0.5) is 0 Å². The van der Waals surface area contributed by atoms with Crippen molar-refractivity contribution in [3.05, 3.63) is 65.7 Å². The third kappa shape index (κ3) is 5.12. The monoisotopic (exact) mass is 326 g/mol. The van der Waals surface area contributed by atoms with E-state index in [2.05, 4.69) is 5.32 Å². The molecule has 0 saturated heterocycles. The van der Waals surface area contributed by atoms with Crippen LogP contribution in [0.15, 0.2) is 54.6 Å². The number of amides is 1. The van der Waals surface area contributed by atoms with E-state index in [4.69, 9.17) is 4.74 Å². The van der Waals surface area contributed by atoms with E-state index < -0.39 is 12.0 Å². The smallest absolute Gasteiger partial charge is 0.251 e. The van der Waals surface area contributed by atoms with Gasteiger partial charge in [-0.15, -0.1) is 0 Å². The van der Waals surface area contributed by atoms with Crippen LogP contribution in [-0.4, -0.2) is 18.5 Å². The first-order valence-electron chi connectivity index (χ1n) is 7.88. The summed E-state index contributed by atoms with van der Waals surface area (Å²) < 4.78 is 5.51. The van der Waals surface area contributed by atoms with Gasteiger partial charge in [0.2, 0.25) is 0 Å². The number of aliphatic carboxylic acids is 1. The number of carbonyl (C=O) groups is 2. The second-order valence-corrected chi connectivity index (χ2v) is 5.39. The SMILES string of the molecule is CCCOc1ccc([C@H](CC(=O)[O-])NC(=O)c2ccccc2)cc1. The normalized spacial score (nSPS) is 11.5. The Kier molecular flexibility index (Phi) is 6.37. The maximum Gasteiger partial charge on any atom is 0.251 e. The first-order chi connectivity index (χ1) is 11.6. The van der Waals surface area contributed by atoms with Crippen molar-refractivity contribution in [2.45, 2.75) is 25.8 Å². The van der Waals surface area contributed by atoms with Gasteiger partial charge in [-0.05, 0) is 36.2 Å².